The van der Waals surface area contributed by atoms with E-state index in [1.807, 2.05) is 24.3 Å². The van der Waals surface area contributed by atoms with Crippen LogP contribution < -0.4 is 15.2 Å². The predicted molar refractivity (Wildman–Crippen MR) is 128 cm³/mol. The van der Waals surface area contributed by atoms with E-state index in [9.17, 15) is 4.79 Å². The zero-order valence-corrected chi connectivity index (χ0v) is 20.0. The van der Waals surface area contributed by atoms with E-state index in [1.54, 1.807) is 14.2 Å². The summed E-state index contributed by atoms with van der Waals surface area (Å²) in [6.07, 6.45) is 4.36. The summed E-state index contributed by atoms with van der Waals surface area (Å²) >= 11 is 0. The number of likely N-dealkylation sites (N-methyl/N-ethyl adjacent to an activating group) is 1. The Morgan fingerprint density at radius 3 is 1.66 bits per heavy atom. The monoisotopic (exact) mass is 443 g/mol. The molecular formula is C26H39N2O4+. The zero-order chi connectivity index (χ0) is 23.4. The molecule has 2 aromatic rings. The van der Waals surface area contributed by atoms with Crippen molar-refractivity contribution in [1.29, 1.82) is 0 Å². The molecule has 0 aliphatic carbocycles. The van der Waals surface area contributed by atoms with Gasteiger partial charge in [-0.3, -0.25) is 4.79 Å². The van der Waals surface area contributed by atoms with E-state index in [2.05, 4.69) is 31.3 Å². The minimum absolute atomic E-state index is 0.213. The van der Waals surface area contributed by atoms with Gasteiger partial charge in [0.15, 0.2) is 0 Å². The largest absolute Gasteiger partial charge is 0.497 e. The van der Waals surface area contributed by atoms with Crippen LogP contribution in [0.15, 0.2) is 48.5 Å². The van der Waals surface area contributed by atoms with E-state index in [0.29, 0.717) is 0 Å². The lowest BCUT2D eigenvalue weighted by Crippen LogP contribution is -2.53. The fourth-order valence-corrected chi connectivity index (χ4v) is 4.14. The van der Waals surface area contributed by atoms with E-state index in [-0.39, 0.29) is 18.4 Å². The van der Waals surface area contributed by atoms with E-state index >= 15 is 0 Å². The van der Waals surface area contributed by atoms with Crippen molar-refractivity contribution < 1.29 is 23.5 Å². The summed E-state index contributed by atoms with van der Waals surface area (Å²) < 4.78 is 16.1. The van der Waals surface area contributed by atoms with Crippen LogP contribution in [0.5, 0.6) is 11.5 Å². The molecule has 0 aromatic heterocycles. The van der Waals surface area contributed by atoms with Gasteiger partial charge in [-0.05, 0) is 48.2 Å². The van der Waals surface area contributed by atoms with Gasteiger partial charge in [0.05, 0.1) is 60.5 Å². The zero-order valence-electron chi connectivity index (χ0n) is 20.0. The summed E-state index contributed by atoms with van der Waals surface area (Å²) in [5.41, 5.74) is 8.92. The number of quaternary nitrogens is 1. The number of esters is 1. The van der Waals surface area contributed by atoms with Crippen LogP contribution in [0, 0.1) is 0 Å². The number of hydrogen-bond donors (Lipinski definition) is 1. The number of aryl methyl sites for hydroxylation is 2. The second kappa shape index (κ2) is 13.1. The molecule has 0 radical (unpaired) electrons. The molecule has 0 spiro atoms. The molecule has 0 saturated carbocycles. The smallest absolute Gasteiger partial charge is 0.307 e. The first kappa shape index (κ1) is 25.7. The number of benzene rings is 2. The quantitative estimate of drug-likeness (QED) is 0.357. The Kier molecular flexibility index (Phi) is 10.5. The fourth-order valence-electron chi connectivity index (χ4n) is 4.14. The van der Waals surface area contributed by atoms with Gasteiger partial charge in [-0.15, -0.1) is 0 Å². The number of carbonyl (C=O) groups excluding carboxylic acids is 1. The Labute approximate surface area is 192 Å². The van der Waals surface area contributed by atoms with Crippen molar-refractivity contribution in [1.82, 2.24) is 0 Å². The van der Waals surface area contributed by atoms with Crippen LogP contribution in [0.3, 0.4) is 0 Å². The van der Waals surface area contributed by atoms with Gasteiger partial charge in [0.25, 0.3) is 0 Å². The molecule has 0 fully saturated rings. The van der Waals surface area contributed by atoms with Gasteiger partial charge >= 0.3 is 5.97 Å². The van der Waals surface area contributed by atoms with E-state index in [1.165, 1.54) is 18.2 Å². The second-order valence-electron chi connectivity index (χ2n) is 8.69. The normalized spacial score (nSPS) is 12.3. The number of nitrogens with zero attached hydrogens (tertiary/aromatic N) is 1. The summed E-state index contributed by atoms with van der Waals surface area (Å²) in [6.45, 7) is 2.76. The number of nitrogens with two attached hydrogens (primary N) is 1. The highest BCUT2D eigenvalue weighted by Crippen LogP contribution is 2.17. The van der Waals surface area contributed by atoms with Gasteiger partial charge in [-0.25, -0.2) is 0 Å². The van der Waals surface area contributed by atoms with Crippen LogP contribution in [-0.4, -0.2) is 64.5 Å². The van der Waals surface area contributed by atoms with Crippen molar-refractivity contribution >= 4 is 5.97 Å². The Morgan fingerprint density at radius 1 is 0.844 bits per heavy atom. The highest BCUT2D eigenvalue weighted by Gasteiger charge is 2.26. The van der Waals surface area contributed by atoms with Gasteiger partial charge in [0, 0.05) is 12.8 Å². The Balaban J connectivity index is 1.94. The van der Waals surface area contributed by atoms with Crippen molar-refractivity contribution in [3.8, 4) is 11.5 Å². The molecule has 2 N–H and O–H groups in total. The molecule has 1 atom stereocenters. The molecule has 0 aliphatic heterocycles. The number of hydrogen-bond acceptors (Lipinski definition) is 5. The maximum Gasteiger partial charge on any atom is 0.307 e. The molecule has 0 aliphatic rings. The average Bonchev–Trinajstić information content (AvgIpc) is 2.79. The lowest BCUT2D eigenvalue weighted by atomic mass is 10.1. The molecular weight excluding hydrogens is 404 g/mol. The van der Waals surface area contributed by atoms with Gasteiger partial charge in [-0.2, -0.15) is 0 Å². The van der Waals surface area contributed by atoms with Crippen LogP contribution in [0.4, 0.5) is 0 Å². The molecule has 0 amide bonds. The van der Waals surface area contributed by atoms with Gasteiger partial charge in [0.1, 0.15) is 11.5 Å². The highest BCUT2D eigenvalue weighted by atomic mass is 16.5. The van der Waals surface area contributed by atoms with Crippen LogP contribution in [0.25, 0.3) is 0 Å². The SMILES string of the molecule is COC(=O)C[C@H](N)C[N+](C)(CCCc1ccc(OC)cc1)CCCc1ccc(OC)cc1. The van der Waals surface area contributed by atoms with E-state index in [4.69, 9.17) is 19.9 Å². The molecule has 2 rings (SSSR count). The molecule has 6 nitrogen and oxygen atoms in total. The molecule has 0 saturated heterocycles. The first-order valence-corrected chi connectivity index (χ1v) is 11.3. The van der Waals surface area contributed by atoms with E-state index in [0.717, 1.165) is 61.3 Å². The summed E-state index contributed by atoms with van der Waals surface area (Å²) in [5.74, 6) is 1.50. The molecule has 176 valence electrons. The van der Waals surface area contributed by atoms with Crippen molar-refractivity contribution in [2.45, 2.75) is 38.1 Å². The van der Waals surface area contributed by atoms with Crippen LogP contribution in [-0.2, 0) is 22.4 Å². The number of methoxy groups -OCH3 is 3. The molecule has 2 aromatic carbocycles. The molecule has 0 heterocycles. The van der Waals surface area contributed by atoms with Crippen molar-refractivity contribution in [3.05, 3.63) is 59.7 Å². The summed E-state index contributed by atoms with van der Waals surface area (Å²) in [4.78, 5) is 11.7. The van der Waals surface area contributed by atoms with Crippen molar-refractivity contribution in [2.75, 3.05) is 48.0 Å². The molecule has 0 bridgehead atoms. The first-order chi connectivity index (χ1) is 15.4. The maximum atomic E-state index is 11.7. The van der Waals surface area contributed by atoms with E-state index < -0.39 is 0 Å². The summed E-state index contributed by atoms with van der Waals surface area (Å²) in [6, 6.07) is 16.3. The minimum Gasteiger partial charge on any atom is -0.497 e. The third-order valence-electron chi connectivity index (χ3n) is 5.98. The van der Waals surface area contributed by atoms with Crippen LogP contribution >= 0.6 is 0 Å². The Hall–Kier alpha value is -2.57. The number of rotatable bonds is 14. The molecule has 6 heteroatoms. The van der Waals surface area contributed by atoms with Crippen LogP contribution in [0.1, 0.15) is 30.4 Å². The van der Waals surface area contributed by atoms with Crippen LogP contribution in [0.2, 0.25) is 0 Å². The minimum atomic E-state index is -0.250. The highest BCUT2D eigenvalue weighted by molar-refractivity contribution is 5.69. The third-order valence-corrected chi connectivity index (χ3v) is 5.98. The maximum absolute atomic E-state index is 11.7. The standard InChI is InChI=1S/C26H39N2O4/c1-28(20-23(27)19-26(29)32-4,17-5-7-21-9-13-24(30-2)14-10-21)18-6-8-22-11-15-25(31-3)16-12-22/h9-16,23H,5-8,17-20,27H2,1-4H3/q+1/t23-/m0/s1. The lowest BCUT2D eigenvalue weighted by molar-refractivity contribution is -0.910. The Bertz CT molecular complexity index is 752. The lowest BCUT2D eigenvalue weighted by Gasteiger charge is -2.37. The Morgan fingerprint density at radius 2 is 1.28 bits per heavy atom. The topological polar surface area (TPSA) is 70.8 Å². The van der Waals surface area contributed by atoms with Gasteiger partial charge < -0.3 is 24.4 Å². The van der Waals surface area contributed by atoms with Gasteiger partial charge in [0.2, 0.25) is 0 Å². The number of ether oxygens (including phenoxy) is 3. The van der Waals surface area contributed by atoms with Crippen molar-refractivity contribution in [3.63, 3.8) is 0 Å². The summed E-state index contributed by atoms with van der Waals surface area (Å²) in [5, 5.41) is 0. The van der Waals surface area contributed by atoms with Crippen molar-refractivity contribution in [2.24, 2.45) is 5.73 Å². The second-order valence-corrected chi connectivity index (χ2v) is 8.69. The average molecular weight is 444 g/mol. The molecule has 0 unspecified atom stereocenters. The fraction of sp³-hybridized carbons (Fsp3) is 0.500. The third kappa shape index (κ3) is 8.89. The predicted octanol–water partition coefficient (Wildman–Crippen LogP) is 3.61. The molecule has 32 heavy (non-hydrogen) atoms. The number of carbonyl (C=O) groups is 1. The van der Waals surface area contributed by atoms with Gasteiger partial charge in [-0.1, -0.05) is 24.3 Å². The summed E-state index contributed by atoms with van der Waals surface area (Å²) in [7, 11) is 7.02. The first-order valence-electron chi connectivity index (χ1n) is 11.3.